The van der Waals surface area contributed by atoms with Gasteiger partial charge in [-0.05, 0) is 0 Å². The summed E-state index contributed by atoms with van der Waals surface area (Å²) in [6.45, 7) is 6.50. The third-order valence-corrected chi connectivity index (χ3v) is 0. The Morgan fingerprint density at radius 2 is 1.75 bits per heavy atom. The Balaban J connectivity index is 0. The smallest absolute Gasteiger partial charge is 0.245 e. The second-order valence-corrected chi connectivity index (χ2v) is 0.289. The average Bonchev–Trinajstić information content (AvgIpc) is 0.918. The molecule has 0 N–H and O–H groups in total. The fraction of sp³-hybridized carbons (Fsp3) is 0. The molecule has 0 aliphatic carbocycles. The van der Waals surface area contributed by atoms with Crippen LogP contribution in [0.25, 0.3) is 0 Å². The molecular weight excluding hydrogens is 88.0 g/mol. The van der Waals surface area contributed by atoms with Crippen LogP contribution >= 0.6 is 0 Å². The van der Waals surface area contributed by atoms with Crippen LogP contribution in [-0.4, -0.2) is 0 Å². The fourth-order valence-corrected chi connectivity index (χ4v) is 0. The first kappa shape index (κ1) is 8.91. The quantitative estimate of drug-likeness (QED) is 0.392. The molecule has 0 nitrogen and oxygen atoms in total. The third kappa shape index (κ3) is 138. The molecule has 0 fully saturated rings. The van der Waals surface area contributed by atoms with E-state index < -0.39 is 0 Å². The van der Waals surface area contributed by atoms with Crippen molar-refractivity contribution in [3.8, 4) is 0 Å². The number of rotatable bonds is 0. The minimum atomic E-state index is 0. The molecule has 0 unspecified atom stereocenters. The second kappa shape index (κ2) is 11.1. The minimum absolute atomic E-state index is 0. The SMILES string of the molecule is C=C[CH2-].[Cr+3]. The largest absolute Gasteiger partial charge is 3.00 e. The summed E-state index contributed by atoms with van der Waals surface area (Å²) in [7, 11) is 0. The molecule has 0 saturated heterocycles. The Labute approximate surface area is 37.7 Å². The van der Waals surface area contributed by atoms with Crippen molar-refractivity contribution >= 4 is 0 Å². The molecule has 0 saturated carbocycles. The van der Waals surface area contributed by atoms with Gasteiger partial charge in [-0.1, -0.05) is 0 Å². The van der Waals surface area contributed by atoms with Crippen molar-refractivity contribution < 1.29 is 17.4 Å². The Kier molecular flexibility index (Phi) is 24.6. The van der Waals surface area contributed by atoms with Crippen molar-refractivity contribution in [2.24, 2.45) is 0 Å². The zero-order chi connectivity index (χ0) is 2.71. The van der Waals surface area contributed by atoms with Gasteiger partial charge in [-0.15, -0.1) is 0 Å². The molecule has 0 bridgehead atoms. The summed E-state index contributed by atoms with van der Waals surface area (Å²) in [6.07, 6.45) is 1.50. The molecule has 1 radical (unpaired) electrons. The van der Waals surface area contributed by atoms with Gasteiger partial charge < -0.3 is 0 Å². The van der Waals surface area contributed by atoms with Crippen molar-refractivity contribution in [2.45, 2.75) is 0 Å². The van der Waals surface area contributed by atoms with Crippen molar-refractivity contribution in [1.82, 2.24) is 0 Å². The molecule has 0 aliphatic heterocycles. The maximum Gasteiger partial charge on any atom is 3.00 e. The average molecular weight is 93.1 g/mol. The van der Waals surface area contributed by atoms with Gasteiger partial charge in [-0.25, -0.2) is 19.6 Å². The van der Waals surface area contributed by atoms with Crippen molar-refractivity contribution in [1.29, 1.82) is 0 Å². The monoisotopic (exact) mass is 93.0 g/mol. The van der Waals surface area contributed by atoms with E-state index in [0.717, 1.165) is 0 Å². The van der Waals surface area contributed by atoms with Crippen molar-refractivity contribution in [3.05, 3.63) is 19.6 Å². The number of hydrogen-bond donors (Lipinski definition) is 0. The van der Waals surface area contributed by atoms with Gasteiger partial charge in [0.05, 0.1) is 0 Å². The van der Waals surface area contributed by atoms with Crippen LogP contribution in [0.15, 0.2) is 12.7 Å². The van der Waals surface area contributed by atoms with Crippen LogP contribution in [0.4, 0.5) is 0 Å². The molecule has 0 aromatic carbocycles. The predicted molar refractivity (Wildman–Crippen MR) is 15.6 cm³/mol. The van der Waals surface area contributed by atoms with Crippen LogP contribution in [0.3, 0.4) is 0 Å². The van der Waals surface area contributed by atoms with E-state index in [1.165, 1.54) is 6.08 Å². The van der Waals surface area contributed by atoms with E-state index in [1.807, 2.05) is 0 Å². The van der Waals surface area contributed by atoms with Gasteiger partial charge in [0, 0.05) is 0 Å². The van der Waals surface area contributed by atoms with Crippen LogP contribution in [-0.2, 0) is 17.4 Å². The fourth-order valence-electron chi connectivity index (χ4n) is 0. The summed E-state index contributed by atoms with van der Waals surface area (Å²) < 4.78 is 0. The molecule has 21 valence electrons. The first-order chi connectivity index (χ1) is 1.41. The zero-order valence-corrected chi connectivity index (χ0v) is 3.67. The molecule has 0 atom stereocenters. The van der Waals surface area contributed by atoms with Gasteiger partial charge in [0.15, 0.2) is 0 Å². The molecular formula is C3H5Cr+2. The van der Waals surface area contributed by atoms with Crippen LogP contribution < -0.4 is 0 Å². The predicted octanol–water partition coefficient (Wildman–Crippen LogP) is 1.00. The van der Waals surface area contributed by atoms with E-state index in [2.05, 4.69) is 13.5 Å². The molecule has 0 aromatic heterocycles. The maximum atomic E-state index is 3.25. The minimum Gasteiger partial charge on any atom is -0.245 e. The molecule has 0 amide bonds. The van der Waals surface area contributed by atoms with E-state index in [-0.39, 0.29) is 17.4 Å². The molecule has 0 heterocycles. The third-order valence-electron chi connectivity index (χ3n) is 0. The summed E-state index contributed by atoms with van der Waals surface area (Å²) in [5, 5.41) is 0. The summed E-state index contributed by atoms with van der Waals surface area (Å²) in [5.74, 6) is 0. The Bertz CT molecular complexity index is 10.8. The van der Waals surface area contributed by atoms with Gasteiger partial charge in [0.1, 0.15) is 0 Å². The van der Waals surface area contributed by atoms with E-state index in [4.69, 9.17) is 0 Å². The van der Waals surface area contributed by atoms with E-state index >= 15 is 0 Å². The molecule has 4 heavy (non-hydrogen) atoms. The molecule has 0 rings (SSSR count). The first-order valence-electron chi connectivity index (χ1n) is 0.816. The summed E-state index contributed by atoms with van der Waals surface area (Å²) in [4.78, 5) is 0. The Morgan fingerprint density at radius 3 is 1.75 bits per heavy atom. The van der Waals surface area contributed by atoms with Gasteiger partial charge >= 0.3 is 17.4 Å². The van der Waals surface area contributed by atoms with E-state index in [0.29, 0.717) is 0 Å². The standard InChI is InChI=1S/C3H5.Cr/c1-3-2;/h3H,1-2H2;/q-1;+3. The molecule has 1 heteroatoms. The van der Waals surface area contributed by atoms with Crippen LogP contribution in [0.1, 0.15) is 0 Å². The van der Waals surface area contributed by atoms with Crippen LogP contribution in [0.2, 0.25) is 0 Å². The molecule has 0 aliphatic rings. The number of allylic oxidation sites excluding steroid dienone is 1. The Morgan fingerprint density at radius 1 is 1.75 bits per heavy atom. The maximum absolute atomic E-state index is 3.25. The van der Waals surface area contributed by atoms with Crippen LogP contribution in [0, 0.1) is 6.92 Å². The van der Waals surface area contributed by atoms with Gasteiger partial charge in [-0.3, -0.25) is 0 Å². The first-order valence-corrected chi connectivity index (χ1v) is 0.816. The zero-order valence-electron chi connectivity index (χ0n) is 2.40. The van der Waals surface area contributed by atoms with E-state index in [1.54, 1.807) is 0 Å². The Hall–Kier alpha value is 0.142. The second-order valence-electron chi connectivity index (χ2n) is 0.289. The summed E-state index contributed by atoms with van der Waals surface area (Å²) in [5.41, 5.74) is 0. The van der Waals surface area contributed by atoms with E-state index in [9.17, 15) is 0 Å². The van der Waals surface area contributed by atoms with Gasteiger partial charge in [-0.2, -0.15) is 0 Å². The van der Waals surface area contributed by atoms with Crippen LogP contribution in [0.5, 0.6) is 0 Å². The van der Waals surface area contributed by atoms with Crippen molar-refractivity contribution in [3.63, 3.8) is 0 Å². The van der Waals surface area contributed by atoms with Gasteiger partial charge in [0.2, 0.25) is 0 Å². The normalized spacial score (nSPS) is 3.00. The van der Waals surface area contributed by atoms with Crippen molar-refractivity contribution in [2.75, 3.05) is 0 Å². The molecule has 0 aromatic rings. The number of hydrogen-bond acceptors (Lipinski definition) is 0. The summed E-state index contributed by atoms with van der Waals surface area (Å²) in [6, 6.07) is 0. The summed E-state index contributed by atoms with van der Waals surface area (Å²) >= 11 is 0. The van der Waals surface area contributed by atoms with Gasteiger partial charge in [0.25, 0.3) is 0 Å². The topological polar surface area (TPSA) is 0 Å². The molecule has 0 spiro atoms.